The number of rotatable bonds is 8. The average Bonchev–Trinajstić information content (AvgIpc) is 2.40. The molecular weight excluding hydrogens is 242 g/mol. The number of carboxylic acid groups (broad SMARTS) is 1. The monoisotopic (exact) mass is 265 g/mol. The van der Waals surface area contributed by atoms with Crippen molar-refractivity contribution in [2.24, 2.45) is 17.6 Å². The van der Waals surface area contributed by atoms with E-state index in [1.807, 2.05) is 12.1 Å². The molecule has 0 saturated carbocycles. The van der Waals surface area contributed by atoms with Gasteiger partial charge in [-0.05, 0) is 42.9 Å². The predicted octanol–water partition coefficient (Wildman–Crippen LogP) is 2.40. The first-order valence-corrected chi connectivity index (χ1v) is 6.77. The first-order chi connectivity index (χ1) is 9.06. The van der Waals surface area contributed by atoms with E-state index in [0.717, 1.165) is 24.8 Å². The number of carbonyl (C=O) groups is 1. The molecule has 2 unspecified atom stereocenters. The van der Waals surface area contributed by atoms with Gasteiger partial charge < -0.3 is 15.9 Å². The number of phenolic OH excluding ortho intramolecular Hbond substituents is 1. The summed E-state index contributed by atoms with van der Waals surface area (Å²) >= 11 is 0. The van der Waals surface area contributed by atoms with Gasteiger partial charge in [-0.3, -0.25) is 4.79 Å². The molecule has 106 valence electrons. The van der Waals surface area contributed by atoms with Gasteiger partial charge in [0.25, 0.3) is 0 Å². The van der Waals surface area contributed by atoms with E-state index in [9.17, 15) is 9.90 Å². The van der Waals surface area contributed by atoms with Crippen molar-refractivity contribution in [3.8, 4) is 5.75 Å². The van der Waals surface area contributed by atoms with Gasteiger partial charge in [0.2, 0.25) is 0 Å². The molecule has 0 aromatic heterocycles. The van der Waals surface area contributed by atoms with Crippen LogP contribution < -0.4 is 5.73 Å². The molecule has 19 heavy (non-hydrogen) atoms. The van der Waals surface area contributed by atoms with Crippen LogP contribution in [0.4, 0.5) is 0 Å². The zero-order valence-corrected chi connectivity index (χ0v) is 11.4. The lowest BCUT2D eigenvalue weighted by Gasteiger charge is -2.18. The maximum atomic E-state index is 11.0. The van der Waals surface area contributed by atoms with Gasteiger partial charge in [-0.15, -0.1) is 0 Å². The first-order valence-electron chi connectivity index (χ1n) is 6.77. The molecule has 4 nitrogen and oxygen atoms in total. The lowest BCUT2D eigenvalue weighted by Crippen LogP contribution is -2.25. The van der Waals surface area contributed by atoms with Crippen molar-refractivity contribution in [2.75, 3.05) is 6.54 Å². The fourth-order valence-electron chi connectivity index (χ4n) is 2.22. The number of benzene rings is 1. The van der Waals surface area contributed by atoms with Gasteiger partial charge in [0.15, 0.2) is 0 Å². The molecule has 0 bridgehead atoms. The van der Waals surface area contributed by atoms with Crippen LogP contribution in [0, 0.1) is 11.8 Å². The van der Waals surface area contributed by atoms with Crippen LogP contribution in [0.2, 0.25) is 0 Å². The molecule has 0 spiro atoms. The first kappa shape index (κ1) is 15.5. The Labute approximate surface area is 114 Å². The highest BCUT2D eigenvalue weighted by Crippen LogP contribution is 2.22. The normalized spacial score (nSPS) is 14.0. The van der Waals surface area contributed by atoms with E-state index in [-0.39, 0.29) is 12.3 Å². The van der Waals surface area contributed by atoms with E-state index in [4.69, 9.17) is 10.8 Å². The van der Waals surface area contributed by atoms with E-state index in [1.165, 1.54) is 0 Å². The number of aliphatic carboxylic acids is 1. The molecule has 0 aliphatic carbocycles. The minimum Gasteiger partial charge on any atom is -0.508 e. The number of carboxylic acids is 1. The summed E-state index contributed by atoms with van der Waals surface area (Å²) in [6.07, 6.45) is 3.45. The molecule has 4 heteroatoms. The Kier molecular flexibility index (Phi) is 6.36. The zero-order valence-electron chi connectivity index (χ0n) is 11.4. The molecule has 2 atom stereocenters. The average molecular weight is 265 g/mol. The van der Waals surface area contributed by atoms with Gasteiger partial charge in [0.05, 0.1) is 5.92 Å². The van der Waals surface area contributed by atoms with E-state index < -0.39 is 11.9 Å². The van der Waals surface area contributed by atoms with Crippen molar-refractivity contribution >= 4 is 5.97 Å². The van der Waals surface area contributed by atoms with Gasteiger partial charge in [-0.1, -0.05) is 25.5 Å². The SMILES string of the molecule is CCC(CCc1ccc(O)cc1)CC(CN)C(=O)O. The zero-order chi connectivity index (χ0) is 14.3. The standard InChI is InChI=1S/C15H23NO3/c1-2-11(9-13(10-16)15(18)19)3-4-12-5-7-14(17)8-6-12/h5-8,11,13,17H,2-4,9-10,16H2,1H3,(H,18,19). The Morgan fingerprint density at radius 1 is 1.32 bits per heavy atom. The van der Waals surface area contributed by atoms with E-state index in [2.05, 4.69) is 6.92 Å². The molecule has 0 amide bonds. The molecular formula is C15H23NO3. The number of phenols is 1. The van der Waals surface area contributed by atoms with Crippen molar-refractivity contribution in [3.05, 3.63) is 29.8 Å². The third kappa shape index (κ3) is 5.30. The summed E-state index contributed by atoms with van der Waals surface area (Å²) in [5, 5.41) is 18.2. The van der Waals surface area contributed by atoms with Crippen LogP contribution >= 0.6 is 0 Å². The van der Waals surface area contributed by atoms with Crippen molar-refractivity contribution in [2.45, 2.75) is 32.6 Å². The lowest BCUT2D eigenvalue weighted by molar-refractivity contribution is -0.142. The van der Waals surface area contributed by atoms with Crippen molar-refractivity contribution in [1.82, 2.24) is 0 Å². The topological polar surface area (TPSA) is 83.5 Å². The van der Waals surface area contributed by atoms with E-state index >= 15 is 0 Å². The summed E-state index contributed by atoms with van der Waals surface area (Å²) in [5.74, 6) is -0.598. The largest absolute Gasteiger partial charge is 0.508 e. The molecule has 4 N–H and O–H groups in total. The molecule has 0 aliphatic rings. The highest BCUT2D eigenvalue weighted by Gasteiger charge is 2.20. The van der Waals surface area contributed by atoms with Gasteiger partial charge in [-0.25, -0.2) is 0 Å². The van der Waals surface area contributed by atoms with Crippen LogP contribution in [-0.4, -0.2) is 22.7 Å². The fourth-order valence-corrected chi connectivity index (χ4v) is 2.22. The summed E-state index contributed by atoms with van der Waals surface area (Å²) < 4.78 is 0. The molecule has 1 aromatic rings. The third-order valence-corrected chi connectivity index (χ3v) is 3.61. The summed E-state index contributed by atoms with van der Waals surface area (Å²) in [5.41, 5.74) is 6.65. The summed E-state index contributed by atoms with van der Waals surface area (Å²) in [6.45, 7) is 2.28. The van der Waals surface area contributed by atoms with Gasteiger partial charge in [-0.2, -0.15) is 0 Å². The maximum Gasteiger partial charge on any atom is 0.307 e. The Morgan fingerprint density at radius 3 is 2.42 bits per heavy atom. The van der Waals surface area contributed by atoms with Crippen molar-refractivity contribution in [1.29, 1.82) is 0 Å². The van der Waals surface area contributed by atoms with Crippen molar-refractivity contribution < 1.29 is 15.0 Å². The third-order valence-electron chi connectivity index (χ3n) is 3.61. The Morgan fingerprint density at radius 2 is 1.95 bits per heavy atom. The molecule has 0 saturated heterocycles. The quantitative estimate of drug-likeness (QED) is 0.674. The minimum atomic E-state index is -0.800. The number of hydrogen-bond acceptors (Lipinski definition) is 3. The summed E-state index contributed by atoms with van der Waals surface area (Å²) in [6, 6.07) is 7.16. The number of aromatic hydroxyl groups is 1. The van der Waals surface area contributed by atoms with Crippen LogP contribution in [0.5, 0.6) is 5.75 Å². The second-order valence-electron chi connectivity index (χ2n) is 4.99. The van der Waals surface area contributed by atoms with Crippen molar-refractivity contribution in [3.63, 3.8) is 0 Å². The molecule has 1 aromatic carbocycles. The van der Waals surface area contributed by atoms with Gasteiger partial charge in [0.1, 0.15) is 5.75 Å². The molecule has 0 aliphatic heterocycles. The smallest absolute Gasteiger partial charge is 0.307 e. The Balaban J connectivity index is 2.48. The molecule has 1 rings (SSSR count). The number of hydrogen-bond donors (Lipinski definition) is 3. The van der Waals surface area contributed by atoms with Crippen LogP contribution in [-0.2, 0) is 11.2 Å². The van der Waals surface area contributed by atoms with E-state index in [0.29, 0.717) is 12.3 Å². The lowest BCUT2D eigenvalue weighted by atomic mass is 9.88. The number of nitrogens with two attached hydrogens (primary N) is 1. The summed E-state index contributed by atoms with van der Waals surface area (Å²) in [4.78, 5) is 11.0. The Bertz CT molecular complexity index is 389. The van der Waals surface area contributed by atoms with Crippen LogP contribution in [0.25, 0.3) is 0 Å². The molecule has 0 radical (unpaired) electrons. The summed E-state index contributed by atoms with van der Waals surface area (Å²) in [7, 11) is 0. The Hall–Kier alpha value is -1.55. The highest BCUT2D eigenvalue weighted by atomic mass is 16.4. The number of aryl methyl sites for hydroxylation is 1. The maximum absolute atomic E-state index is 11.0. The highest BCUT2D eigenvalue weighted by molar-refractivity contribution is 5.70. The van der Waals surface area contributed by atoms with Gasteiger partial charge in [0, 0.05) is 6.54 Å². The molecule has 0 heterocycles. The fraction of sp³-hybridized carbons (Fsp3) is 0.533. The minimum absolute atomic E-state index is 0.199. The second kappa shape index (κ2) is 7.79. The second-order valence-corrected chi connectivity index (χ2v) is 4.99. The van der Waals surface area contributed by atoms with E-state index in [1.54, 1.807) is 12.1 Å². The van der Waals surface area contributed by atoms with Crippen LogP contribution in [0.3, 0.4) is 0 Å². The van der Waals surface area contributed by atoms with Gasteiger partial charge >= 0.3 is 5.97 Å². The van der Waals surface area contributed by atoms with Crippen LogP contribution in [0.15, 0.2) is 24.3 Å². The predicted molar refractivity (Wildman–Crippen MR) is 75.0 cm³/mol. The van der Waals surface area contributed by atoms with Crippen LogP contribution in [0.1, 0.15) is 31.7 Å². The molecule has 0 fully saturated rings.